The molecule has 1 aromatic rings. The van der Waals surface area contributed by atoms with E-state index in [1.54, 1.807) is 7.11 Å². The highest BCUT2D eigenvalue weighted by atomic mass is 16.5. The lowest BCUT2D eigenvalue weighted by Gasteiger charge is -2.31. The van der Waals surface area contributed by atoms with Crippen molar-refractivity contribution in [2.45, 2.75) is 58.5 Å². The molecule has 1 aliphatic heterocycles. The molecular weight excluding hydrogens is 328 g/mol. The molecule has 6 heteroatoms. The fourth-order valence-electron chi connectivity index (χ4n) is 4.20. The van der Waals surface area contributed by atoms with Crippen LogP contribution in [0.15, 0.2) is 0 Å². The molecule has 0 aromatic carbocycles. The molecule has 1 fully saturated rings. The zero-order chi connectivity index (χ0) is 18.7. The normalized spacial score (nSPS) is 20.2. The first-order valence-corrected chi connectivity index (χ1v) is 10.1. The van der Waals surface area contributed by atoms with Gasteiger partial charge in [0.15, 0.2) is 5.69 Å². The van der Waals surface area contributed by atoms with Gasteiger partial charge < -0.3 is 14.5 Å². The Hall–Kier alpha value is -1.40. The second-order valence-electron chi connectivity index (χ2n) is 8.22. The number of carbonyl (C=O) groups is 1. The Balaban J connectivity index is 1.85. The summed E-state index contributed by atoms with van der Waals surface area (Å²) >= 11 is 0. The molecule has 3 rings (SSSR count). The molecule has 26 heavy (non-hydrogen) atoms. The minimum Gasteiger partial charge on any atom is -0.383 e. The third-order valence-electron chi connectivity index (χ3n) is 5.73. The number of ether oxygens (including phenoxy) is 1. The van der Waals surface area contributed by atoms with Crippen LogP contribution in [0.25, 0.3) is 0 Å². The van der Waals surface area contributed by atoms with Gasteiger partial charge in [0, 0.05) is 50.6 Å². The molecule has 0 N–H and O–H groups in total. The summed E-state index contributed by atoms with van der Waals surface area (Å²) in [4.78, 5) is 17.4. The minimum atomic E-state index is 0.140. The van der Waals surface area contributed by atoms with Crippen LogP contribution in [0.5, 0.6) is 0 Å². The lowest BCUT2D eigenvalue weighted by atomic mass is 9.90. The Bertz CT molecular complexity index is 620. The van der Waals surface area contributed by atoms with Gasteiger partial charge in [0.25, 0.3) is 5.91 Å². The summed E-state index contributed by atoms with van der Waals surface area (Å²) in [6.45, 7) is 8.72. The van der Waals surface area contributed by atoms with Gasteiger partial charge in [0.2, 0.25) is 0 Å². The second kappa shape index (κ2) is 8.53. The quantitative estimate of drug-likeness (QED) is 0.746. The molecule has 0 radical (unpaired) electrons. The molecule has 2 heterocycles. The fraction of sp³-hybridized carbons (Fsp3) is 0.800. The van der Waals surface area contributed by atoms with E-state index in [9.17, 15) is 4.79 Å². The summed E-state index contributed by atoms with van der Waals surface area (Å²) < 4.78 is 7.35. The van der Waals surface area contributed by atoms with Crippen LogP contribution in [-0.4, -0.2) is 71.9 Å². The number of likely N-dealkylation sites (tertiary alicyclic amines) is 1. The maximum Gasteiger partial charge on any atom is 0.274 e. The Morgan fingerprint density at radius 2 is 2.08 bits per heavy atom. The zero-order valence-corrected chi connectivity index (χ0v) is 16.8. The van der Waals surface area contributed by atoms with Crippen LogP contribution in [0.3, 0.4) is 0 Å². The van der Waals surface area contributed by atoms with Crippen molar-refractivity contribution in [2.75, 3.05) is 40.4 Å². The van der Waals surface area contributed by atoms with E-state index in [0.29, 0.717) is 17.7 Å². The number of nitrogens with zero attached hydrogens (tertiary/aromatic N) is 4. The number of aromatic nitrogens is 2. The SMILES string of the molecule is COCCN(C)C1CCc2c(c(C(=O)N3CCCC3)nn2CC(C)C)C1. The van der Waals surface area contributed by atoms with Crippen molar-refractivity contribution in [3.63, 3.8) is 0 Å². The summed E-state index contributed by atoms with van der Waals surface area (Å²) in [6.07, 6.45) is 5.27. The number of hydrogen-bond acceptors (Lipinski definition) is 4. The van der Waals surface area contributed by atoms with E-state index in [1.165, 1.54) is 11.3 Å². The summed E-state index contributed by atoms with van der Waals surface area (Å²) in [5.41, 5.74) is 3.20. The van der Waals surface area contributed by atoms with Crippen LogP contribution in [0.1, 0.15) is 54.9 Å². The third-order valence-corrected chi connectivity index (χ3v) is 5.73. The molecule has 146 valence electrons. The Morgan fingerprint density at radius 3 is 2.73 bits per heavy atom. The van der Waals surface area contributed by atoms with Crippen LogP contribution in [0, 0.1) is 5.92 Å². The van der Waals surface area contributed by atoms with Crippen LogP contribution < -0.4 is 0 Å². The topological polar surface area (TPSA) is 50.6 Å². The van der Waals surface area contributed by atoms with Crippen LogP contribution in [0.4, 0.5) is 0 Å². The van der Waals surface area contributed by atoms with E-state index in [-0.39, 0.29) is 5.91 Å². The van der Waals surface area contributed by atoms with E-state index < -0.39 is 0 Å². The largest absolute Gasteiger partial charge is 0.383 e. The molecule has 2 aliphatic rings. The van der Waals surface area contributed by atoms with E-state index >= 15 is 0 Å². The van der Waals surface area contributed by atoms with E-state index in [4.69, 9.17) is 9.84 Å². The lowest BCUT2D eigenvalue weighted by molar-refractivity contribution is 0.0783. The summed E-state index contributed by atoms with van der Waals surface area (Å²) in [5, 5.41) is 4.81. The monoisotopic (exact) mass is 362 g/mol. The van der Waals surface area contributed by atoms with Gasteiger partial charge in [-0.1, -0.05) is 13.8 Å². The Kier molecular flexibility index (Phi) is 6.35. The van der Waals surface area contributed by atoms with Crippen molar-refractivity contribution in [1.82, 2.24) is 19.6 Å². The number of methoxy groups -OCH3 is 1. The molecular formula is C20H34N4O2. The van der Waals surface area contributed by atoms with Gasteiger partial charge in [0.05, 0.1) is 6.61 Å². The molecule has 1 saturated heterocycles. The first-order valence-electron chi connectivity index (χ1n) is 10.1. The van der Waals surface area contributed by atoms with Gasteiger partial charge in [-0.3, -0.25) is 9.48 Å². The molecule has 1 amide bonds. The predicted octanol–water partition coefficient (Wildman–Crippen LogP) is 2.21. The summed E-state index contributed by atoms with van der Waals surface area (Å²) in [5.74, 6) is 0.664. The number of hydrogen-bond donors (Lipinski definition) is 0. The van der Waals surface area contributed by atoms with Crippen LogP contribution in [0.2, 0.25) is 0 Å². The maximum absolute atomic E-state index is 13.1. The molecule has 0 bridgehead atoms. The second-order valence-corrected chi connectivity index (χ2v) is 8.22. The Labute approximate surface area is 157 Å². The third kappa shape index (κ3) is 4.12. The van der Waals surface area contributed by atoms with Gasteiger partial charge in [0.1, 0.15) is 0 Å². The minimum absolute atomic E-state index is 0.140. The molecule has 0 spiro atoms. The van der Waals surface area contributed by atoms with Crippen molar-refractivity contribution >= 4 is 5.91 Å². The Morgan fingerprint density at radius 1 is 1.35 bits per heavy atom. The van der Waals surface area contributed by atoms with Gasteiger partial charge in [-0.25, -0.2) is 0 Å². The average Bonchev–Trinajstić information content (AvgIpc) is 3.27. The number of rotatable bonds is 7. The van der Waals surface area contributed by atoms with Crippen molar-refractivity contribution in [3.8, 4) is 0 Å². The highest BCUT2D eigenvalue weighted by Gasteiger charge is 2.33. The molecule has 6 nitrogen and oxygen atoms in total. The first-order chi connectivity index (χ1) is 12.5. The smallest absolute Gasteiger partial charge is 0.274 e. The van der Waals surface area contributed by atoms with Crippen molar-refractivity contribution in [1.29, 1.82) is 0 Å². The molecule has 1 aromatic heterocycles. The fourth-order valence-corrected chi connectivity index (χ4v) is 4.20. The van der Waals surface area contributed by atoms with Gasteiger partial charge in [-0.15, -0.1) is 0 Å². The molecule has 1 aliphatic carbocycles. The van der Waals surface area contributed by atoms with Crippen LogP contribution >= 0.6 is 0 Å². The number of amides is 1. The van der Waals surface area contributed by atoms with Crippen LogP contribution in [-0.2, 0) is 24.1 Å². The molecule has 1 atom stereocenters. The molecule has 1 unspecified atom stereocenters. The highest BCUT2D eigenvalue weighted by molar-refractivity contribution is 5.94. The predicted molar refractivity (Wildman–Crippen MR) is 103 cm³/mol. The highest BCUT2D eigenvalue weighted by Crippen LogP contribution is 2.29. The summed E-state index contributed by atoms with van der Waals surface area (Å²) in [6, 6.07) is 0.458. The number of carbonyl (C=O) groups excluding carboxylic acids is 1. The number of fused-ring (bicyclic) bond motifs is 1. The van der Waals surface area contributed by atoms with Crippen molar-refractivity contribution in [3.05, 3.63) is 17.0 Å². The van der Waals surface area contributed by atoms with Crippen molar-refractivity contribution in [2.24, 2.45) is 5.92 Å². The maximum atomic E-state index is 13.1. The van der Waals surface area contributed by atoms with Gasteiger partial charge >= 0.3 is 0 Å². The van der Waals surface area contributed by atoms with Gasteiger partial charge in [-0.05, 0) is 45.1 Å². The molecule has 0 saturated carbocycles. The summed E-state index contributed by atoms with van der Waals surface area (Å²) in [7, 11) is 3.91. The average molecular weight is 363 g/mol. The zero-order valence-electron chi connectivity index (χ0n) is 16.8. The van der Waals surface area contributed by atoms with E-state index in [0.717, 1.165) is 64.9 Å². The number of likely N-dealkylation sites (N-methyl/N-ethyl adjacent to an activating group) is 1. The van der Waals surface area contributed by atoms with Gasteiger partial charge in [-0.2, -0.15) is 5.10 Å². The van der Waals surface area contributed by atoms with E-state index in [2.05, 4.69) is 30.5 Å². The first kappa shape index (κ1) is 19.4. The standard InChI is InChI=1S/C20H34N4O2/c1-15(2)14-24-18-8-7-16(22(3)11-12-26-4)13-17(18)19(21-24)20(25)23-9-5-6-10-23/h15-16H,5-14H2,1-4H3. The van der Waals surface area contributed by atoms with Crippen molar-refractivity contribution < 1.29 is 9.53 Å². The van der Waals surface area contributed by atoms with E-state index in [1.807, 2.05) is 4.90 Å². The lowest BCUT2D eigenvalue weighted by Crippen LogP contribution is -2.39.